The molecule has 0 aromatic rings. The van der Waals surface area contributed by atoms with Crippen molar-refractivity contribution in [2.75, 3.05) is 0 Å². The van der Waals surface area contributed by atoms with Crippen molar-refractivity contribution in [2.24, 2.45) is 0 Å². The molecule has 4 nitrogen and oxygen atoms in total. The van der Waals surface area contributed by atoms with Gasteiger partial charge in [0.05, 0.1) is 0 Å². The van der Waals surface area contributed by atoms with Gasteiger partial charge in [0.1, 0.15) is 0 Å². The molecule has 0 aliphatic heterocycles. The minimum Gasteiger partial charge on any atom is -0.550 e. The molecule has 10 heavy (non-hydrogen) atoms. The van der Waals surface area contributed by atoms with Gasteiger partial charge in [-0.3, -0.25) is 0 Å². The van der Waals surface area contributed by atoms with Crippen molar-refractivity contribution in [1.82, 2.24) is 0 Å². The molecule has 0 aliphatic carbocycles. The van der Waals surface area contributed by atoms with E-state index in [1.807, 2.05) is 0 Å². The SMILES string of the molecule is CC(=O)[O-].CC(=O)[O-].Cl.[Ca+2]. The first kappa shape index (κ1) is 22.4. The van der Waals surface area contributed by atoms with E-state index >= 15 is 0 Å². The van der Waals surface area contributed by atoms with Gasteiger partial charge in [-0.25, -0.2) is 0 Å². The number of carboxylic acid groups (broad SMARTS) is 2. The Bertz CT molecular complexity index is 75.3. The average Bonchev–Trinajstić information content (AvgIpc) is 1.25. The minimum absolute atomic E-state index is 0. The molecule has 56 valence electrons. The van der Waals surface area contributed by atoms with Gasteiger partial charge < -0.3 is 19.8 Å². The number of carbonyl (C=O) groups excluding carboxylic acids is 2. The number of hydrogen-bond acceptors (Lipinski definition) is 4. The van der Waals surface area contributed by atoms with Crippen molar-refractivity contribution < 1.29 is 19.8 Å². The van der Waals surface area contributed by atoms with Gasteiger partial charge in [-0.05, 0) is 13.8 Å². The van der Waals surface area contributed by atoms with Crippen LogP contribution in [0.3, 0.4) is 0 Å². The third-order valence-electron chi connectivity index (χ3n) is 0. The number of halogens is 1. The van der Waals surface area contributed by atoms with Crippen molar-refractivity contribution in [2.45, 2.75) is 13.8 Å². The van der Waals surface area contributed by atoms with Gasteiger partial charge in [0.15, 0.2) is 0 Å². The van der Waals surface area contributed by atoms with Crippen molar-refractivity contribution in [3.8, 4) is 0 Å². The second-order valence-corrected chi connectivity index (χ2v) is 0.983. The van der Waals surface area contributed by atoms with Crippen LogP contribution < -0.4 is 10.2 Å². The molecule has 0 unspecified atom stereocenters. The van der Waals surface area contributed by atoms with Crippen LogP contribution in [-0.4, -0.2) is 49.7 Å². The molecule has 0 atom stereocenters. The summed E-state index contributed by atoms with van der Waals surface area (Å²) in [6, 6.07) is 0. The number of hydrogen-bond donors (Lipinski definition) is 0. The van der Waals surface area contributed by atoms with Gasteiger partial charge in [-0.15, -0.1) is 12.4 Å². The van der Waals surface area contributed by atoms with Crippen molar-refractivity contribution in [1.29, 1.82) is 0 Å². The molecule has 0 radical (unpaired) electrons. The molecule has 0 aliphatic rings. The molecule has 0 saturated heterocycles. The van der Waals surface area contributed by atoms with Crippen LogP contribution in [0.5, 0.6) is 0 Å². The van der Waals surface area contributed by atoms with E-state index in [4.69, 9.17) is 19.8 Å². The van der Waals surface area contributed by atoms with Crippen LogP contribution >= 0.6 is 12.4 Å². The van der Waals surface area contributed by atoms with Gasteiger partial charge in [0, 0.05) is 11.9 Å². The monoisotopic (exact) mass is 194 g/mol. The Labute approximate surface area is 95.0 Å². The first-order valence-electron chi connectivity index (χ1n) is 1.82. The third-order valence-corrected chi connectivity index (χ3v) is 0. The summed E-state index contributed by atoms with van der Waals surface area (Å²) in [4.78, 5) is 17.8. The third kappa shape index (κ3) is 1990. The molecule has 6 heteroatoms. The average molecular weight is 195 g/mol. The van der Waals surface area contributed by atoms with Crippen molar-refractivity contribution in [3.63, 3.8) is 0 Å². The maximum Gasteiger partial charge on any atom is 2.00 e. The van der Waals surface area contributed by atoms with Gasteiger partial charge in [0.2, 0.25) is 0 Å². The van der Waals surface area contributed by atoms with Crippen LogP contribution in [0.4, 0.5) is 0 Å². The quantitative estimate of drug-likeness (QED) is 0.401. The number of carboxylic acids is 2. The summed E-state index contributed by atoms with van der Waals surface area (Å²) < 4.78 is 0. The summed E-state index contributed by atoms with van der Waals surface area (Å²) in [5.74, 6) is -2.17. The van der Waals surface area contributed by atoms with Crippen molar-refractivity contribution >= 4 is 62.1 Å². The van der Waals surface area contributed by atoms with Gasteiger partial charge in [-0.1, -0.05) is 0 Å². The molecule has 0 rings (SSSR count). The first-order chi connectivity index (χ1) is 3.46. The summed E-state index contributed by atoms with van der Waals surface area (Å²) in [5.41, 5.74) is 0. The maximum atomic E-state index is 8.89. The fourth-order valence-corrected chi connectivity index (χ4v) is 0. The van der Waals surface area contributed by atoms with E-state index in [0.717, 1.165) is 13.8 Å². The molecule has 0 bridgehead atoms. The van der Waals surface area contributed by atoms with E-state index in [2.05, 4.69) is 0 Å². The van der Waals surface area contributed by atoms with E-state index in [1.54, 1.807) is 0 Å². The largest absolute Gasteiger partial charge is 2.00 e. The van der Waals surface area contributed by atoms with E-state index in [9.17, 15) is 0 Å². The first-order valence-corrected chi connectivity index (χ1v) is 1.82. The van der Waals surface area contributed by atoms with Crippen LogP contribution in [0.25, 0.3) is 0 Å². The summed E-state index contributed by atoms with van der Waals surface area (Å²) in [6.07, 6.45) is 0. The summed E-state index contributed by atoms with van der Waals surface area (Å²) in [5, 5.41) is 17.8. The van der Waals surface area contributed by atoms with E-state index < -0.39 is 11.9 Å². The summed E-state index contributed by atoms with van der Waals surface area (Å²) in [6.45, 7) is 1.94. The fraction of sp³-hybridized carbons (Fsp3) is 0.500. The Balaban J connectivity index is -0.0000000300. The predicted octanol–water partition coefficient (Wildman–Crippen LogP) is -2.45. The zero-order chi connectivity index (χ0) is 7.15. The normalized spacial score (nSPS) is 5.00. The molecule has 0 fully saturated rings. The minimum atomic E-state index is -1.08. The zero-order valence-electron chi connectivity index (χ0n) is 5.75. The molecule has 0 amide bonds. The van der Waals surface area contributed by atoms with Gasteiger partial charge >= 0.3 is 37.7 Å². The molecule has 0 N–H and O–H groups in total. The number of carbonyl (C=O) groups is 2. The smallest absolute Gasteiger partial charge is 0.550 e. The Kier molecular flexibility index (Phi) is 36.4. The van der Waals surface area contributed by atoms with Crippen LogP contribution in [0.15, 0.2) is 0 Å². The van der Waals surface area contributed by atoms with E-state index in [1.165, 1.54) is 0 Å². The molecular formula is C4H7CaClO4. The Morgan fingerprint density at radius 3 is 1.00 bits per heavy atom. The maximum absolute atomic E-state index is 8.89. The Morgan fingerprint density at radius 1 is 1.00 bits per heavy atom. The molecule has 0 heterocycles. The second kappa shape index (κ2) is 16.2. The predicted molar refractivity (Wildman–Crippen MR) is 34.4 cm³/mol. The zero-order valence-corrected chi connectivity index (χ0v) is 8.77. The van der Waals surface area contributed by atoms with E-state index in [0.29, 0.717) is 0 Å². The van der Waals surface area contributed by atoms with E-state index in [-0.39, 0.29) is 50.1 Å². The molecular weight excluding hydrogens is 188 g/mol. The molecule has 0 saturated carbocycles. The standard InChI is InChI=1S/2C2H4O2.Ca.ClH/c2*1-2(3)4;;/h2*1H3,(H,3,4);;1H/q;;+2;/p-2. The second-order valence-electron chi connectivity index (χ2n) is 0.983. The van der Waals surface area contributed by atoms with Crippen LogP contribution in [0, 0.1) is 0 Å². The Morgan fingerprint density at radius 2 is 1.00 bits per heavy atom. The van der Waals surface area contributed by atoms with Crippen LogP contribution in [0.2, 0.25) is 0 Å². The van der Waals surface area contributed by atoms with Gasteiger partial charge in [-0.2, -0.15) is 0 Å². The number of rotatable bonds is 0. The molecule has 0 aromatic carbocycles. The van der Waals surface area contributed by atoms with Crippen LogP contribution in [-0.2, 0) is 9.59 Å². The topological polar surface area (TPSA) is 80.3 Å². The summed E-state index contributed by atoms with van der Waals surface area (Å²) in [7, 11) is 0. The molecule has 0 spiro atoms. The van der Waals surface area contributed by atoms with Gasteiger partial charge in [0.25, 0.3) is 0 Å². The summed E-state index contributed by atoms with van der Waals surface area (Å²) >= 11 is 0. The van der Waals surface area contributed by atoms with Crippen molar-refractivity contribution in [3.05, 3.63) is 0 Å². The fourth-order valence-electron chi connectivity index (χ4n) is 0. The Hall–Kier alpha value is 0.490. The van der Waals surface area contributed by atoms with Crippen LogP contribution in [0.1, 0.15) is 13.8 Å². The molecule has 0 aromatic heterocycles. The number of aliphatic carboxylic acids is 2.